The molecule has 0 unspecified atom stereocenters. The van der Waals surface area contributed by atoms with Crippen molar-refractivity contribution in [3.8, 4) is 0 Å². The molecule has 0 saturated carbocycles. The number of nitrogens with one attached hydrogen (secondary N) is 1. The molecule has 1 N–H and O–H groups in total. The molecule has 0 saturated heterocycles. The summed E-state index contributed by atoms with van der Waals surface area (Å²) in [6.07, 6.45) is 3.53. The van der Waals surface area contributed by atoms with Crippen LogP contribution in [0.5, 0.6) is 0 Å². The molecule has 0 radical (unpaired) electrons. The Hall–Kier alpha value is -0.613. The standard InChI is InChI=1S/C10H20N2OSi/c1-4-14(5-2,6-3)13-8-10-7-11-9-12-10/h7,9H,4-6,8H2,1-3H3,(H,11,12). The van der Waals surface area contributed by atoms with E-state index in [0.717, 1.165) is 5.69 Å². The maximum absolute atomic E-state index is 6.09. The summed E-state index contributed by atoms with van der Waals surface area (Å²) in [6.45, 7) is 7.42. The van der Waals surface area contributed by atoms with Crippen LogP contribution in [0.2, 0.25) is 18.1 Å². The Labute approximate surface area is 87.0 Å². The van der Waals surface area contributed by atoms with Crippen molar-refractivity contribution in [3.05, 3.63) is 18.2 Å². The first kappa shape index (κ1) is 11.5. The van der Waals surface area contributed by atoms with Gasteiger partial charge in [-0.25, -0.2) is 4.98 Å². The van der Waals surface area contributed by atoms with Crippen LogP contribution in [0.25, 0.3) is 0 Å². The maximum atomic E-state index is 6.09. The molecule has 1 aromatic rings. The molecule has 80 valence electrons. The minimum atomic E-state index is -1.42. The fourth-order valence-electron chi connectivity index (χ4n) is 1.65. The fourth-order valence-corrected chi connectivity index (χ4v) is 4.22. The molecule has 0 aromatic carbocycles. The van der Waals surface area contributed by atoms with E-state index in [2.05, 4.69) is 30.7 Å². The van der Waals surface area contributed by atoms with Crippen LogP contribution >= 0.6 is 0 Å². The van der Waals surface area contributed by atoms with E-state index in [-0.39, 0.29) is 0 Å². The summed E-state index contributed by atoms with van der Waals surface area (Å²) in [7, 11) is -1.42. The van der Waals surface area contributed by atoms with Gasteiger partial charge in [-0.05, 0) is 18.1 Å². The van der Waals surface area contributed by atoms with Gasteiger partial charge < -0.3 is 9.41 Å². The second kappa shape index (κ2) is 5.31. The topological polar surface area (TPSA) is 37.9 Å². The molecule has 0 aliphatic rings. The summed E-state index contributed by atoms with van der Waals surface area (Å²) in [4.78, 5) is 7.05. The molecule has 1 heterocycles. The number of hydrogen-bond donors (Lipinski definition) is 1. The predicted octanol–water partition coefficient (Wildman–Crippen LogP) is 2.93. The first-order valence-electron chi connectivity index (χ1n) is 5.37. The number of nitrogens with zero attached hydrogens (tertiary/aromatic N) is 1. The SMILES string of the molecule is CC[Si](CC)(CC)OCc1cnc[nH]1. The lowest BCUT2D eigenvalue weighted by molar-refractivity contribution is 0.283. The lowest BCUT2D eigenvalue weighted by Gasteiger charge is -2.27. The Morgan fingerprint density at radius 3 is 2.36 bits per heavy atom. The Morgan fingerprint density at radius 2 is 1.93 bits per heavy atom. The monoisotopic (exact) mass is 212 g/mol. The van der Waals surface area contributed by atoms with Crippen molar-refractivity contribution in [2.45, 2.75) is 45.5 Å². The number of aromatic amines is 1. The van der Waals surface area contributed by atoms with Crippen molar-refractivity contribution in [2.24, 2.45) is 0 Å². The first-order chi connectivity index (χ1) is 6.76. The molecular weight excluding hydrogens is 192 g/mol. The average molecular weight is 212 g/mol. The summed E-state index contributed by atoms with van der Waals surface area (Å²) >= 11 is 0. The largest absolute Gasteiger partial charge is 0.411 e. The highest BCUT2D eigenvalue weighted by atomic mass is 28.4. The highest BCUT2D eigenvalue weighted by Crippen LogP contribution is 2.22. The van der Waals surface area contributed by atoms with E-state index in [0.29, 0.717) is 6.61 Å². The quantitative estimate of drug-likeness (QED) is 0.736. The number of imidazole rings is 1. The number of hydrogen-bond acceptors (Lipinski definition) is 2. The minimum Gasteiger partial charge on any atom is -0.411 e. The van der Waals surface area contributed by atoms with Gasteiger partial charge in [-0.15, -0.1) is 0 Å². The maximum Gasteiger partial charge on any atom is 0.192 e. The summed E-state index contributed by atoms with van der Waals surface area (Å²) in [5, 5.41) is 0. The number of rotatable bonds is 6. The molecule has 0 spiro atoms. The van der Waals surface area contributed by atoms with E-state index in [1.807, 2.05) is 6.20 Å². The van der Waals surface area contributed by atoms with Gasteiger partial charge in [-0.3, -0.25) is 0 Å². The van der Waals surface area contributed by atoms with E-state index in [1.165, 1.54) is 18.1 Å². The van der Waals surface area contributed by atoms with Gasteiger partial charge in [-0.1, -0.05) is 20.8 Å². The van der Waals surface area contributed by atoms with Crippen molar-refractivity contribution in [3.63, 3.8) is 0 Å². The molecule has 1 rings (SSSR count). The van der Waals surface area contributed by atoms with E-state index in [9.17, 15) is 0 Å². The second-order valence-electron chi connectivity index (χ2n) is 3.61. The smallest absolute Gasteiger partial charge is 0.192 e. The van der Waals surface area contributed by atoms with Crippen LogP contribution in [-0.2, 0) is 11.0 Å². The molecule has 0 aliphatic heterocycles. The van der Waals surface area contributed by atoms with Crippen molar-refractivity contribution in [2.75, 3.05) is 0 Å². The van der Waals surface area contributed by atoms with Crippen molar-refractivity contribution < 1.29 is 4.43 Å². The van der Waals surface area contributed by atoms with Crippen LogP contribution in [0.3, 0.4) is 0 Å². The second-order valence-corrected chi connectivity index (χ2v) is 8.39. The predicted molar refractivity (Wildman–Crippen MR) is 60.6 cm³/mol. The molecule has 0 aliphatic carbocycles. The Balaban J connectivity index is 2.48. The highest BCUT2D eigenvalue weighted by Gasteiger charge is 2.28. The molecule has 0 bridgehead atoms. The number of H-pyrrole nitrogens is 1. The van der Waals surface area contributed by atoms with Crippen molar-refractivity contribution in [1.29, 1.82) is 0 Å². The summed E-state index contributed by atoms with van der Waals surface area (Å²) < 4.78 is 6.09. The van der Waals surface area contributed by atoms with E-state index >= 15 is 0 Å². The average Bonchev–Trinajstić information content (AvgIpc) is 2.74. The van der Waals surface area contributed by atoms with Crippen molar-refractivity contribution >= 4 is 8.32 Å². The number of aromatic nitrogens is 2. The van der Waals surface area contributed by atoms with Gasteiger partial charge in [0.15, 0.2) is 8.32 Å². The van der Waals surface area contributed by atoms with Crippen LogP contribution < -0.4 is 0 Å². The lowest BCUT2D eigenvalue weighted by Crippen LogP contribution is -2.35. The van der Waals surface area contributed by atoms with Gasteiger partial charge in [0.25, 0.3) is 0 Å². The van der Waals surface area contributed by atoms with Gasteiger partial charge in [0.2, 0.25) is 0 Å². The molecule has 4 heteroatoms. The molecule has 0 amide bonds. The van der Waals surface area contributed by atoms with E-state index in [1.54, 1.807) is 6.33 Å². The zero-order valence-electron chi connectivity index (χ0n) is 9.34. The van der Waals surface area contributed by atoms with Crippen LogP contribution in [0.15, 0.2) is 12.5 Å². The Bertz CT molecular complexity index is 236. The lowest BCUT2D eigenvalue weighted by atomic mass is 10.5. The van der Waals surface area contributed by atoms with Crippen LogP contribution in [0.4, 0.5) is 0 Å². The van der Waals surface area contributed by atoms with E-state index in [4.69, 9.17) is 4.43 Å². The van der Waals surface area contributed by atoms with Crippen LogP contribution in [0, 0.1) is 0 Å². The molecule has 1 aromatic heterocycles. The normalized spacial score (nSPS) is 11.9. The van der Waals surface area contributed by atoms with Gasteiger partial charge in [-0.2, -0.15) is 0 Å². The summed E-state index contributed by atoms with van der Waals surface area (Å²) in [6, 6.07) is 3.61. The molecule has 0 atom stereocenters. The Kier molecular flexibility index (Phi) is 4.35. The zero-order valence-corrected chi connectivity index (χ0v) is 10.3. The third-order valence-electron chi connectivity index (χ3n) is 3.02. The molecule has 0 fully saturated rings. The third-order valence-corrected chi connectivity index (χ3v) is 7.64. The van der Waals surface area contributed by atoms with Crippen LogP contribution in [-0.4, -0.2) is 18.3 Å². The zero-order chi connectivity index (χ0) is 10.4. The summed E-state index contributed by atoms with van der Waals surface area (Å²) in [5.74, 6) is 0. The van der Waals surface area contributed by atoms with Gasteiger partial charge in [0, 0.05) is 0 Å². The Morgan fingerprint density at radius 1 is 1.29 bits per heavy atom. The van der Waals surface area contributed by atoms with Gasteiger partial charge in [0.05, 0.1) is 24.8 Å². The first-order valence-corrected chi connectivity index (χ1v) is 7.90. The van der Waals surface area contributed by atoms with Crippen LogP contribution in [0.1, 0.15) is 26.5 Å². The molecule has 14 heavy (non-hydrogen) atoms. The third kappa shape index (κ3) is 2.69. The summed E-state index contributed by atoms with van der Waals surface area (Å²) in [5.41, 5.74) is 1.08. The molecular formula is C10H20N2OSi. The van der Waals surface area contributed by atoms with Gasteiger partial charge in [0.1, 0.15) is 0 Å². The fraction of sp³-hybridized carbons (Fsp3) is 0.700. The van der Waals surface area contributed by atoms with Crippen molar-refractivity contribution in [1.82, 2.24) is 9.97 Å². The molecule has 3 nitrogen and oxygen atoms in total. The van der Waals surface area contributed by atoms with Gasteiger partial charge >= 0.3 is 0 Å². The highest BCUT2D eigenvalue weighted by molar-refractivity contribution is 6.73. The minimum absolute atomic E-state index is 0.696. The van der Waals surface area contributed by atoms with E-state index < -0.39 is 8.32 Å².